The number of nitrogens with zero attached hydrogens (tertiary/aromatic N) is 1. The number of hydrogen-bond donors (Lipinski definition) is 3. The summed E-state index contributed by atoms with van der Waals surface area (Å²) >= 11 is 6.11. The number of carboxylic acid groups (broad SMARTS) is 1. The Morgan fingerprint density at radius 3 is 2.50 bits per heavy atom. The zero-order valence-electron chi connectivity index (χ0n) is 15.0. The number of carboxylic acids is 1. The van der Waals surface area contributed by atoms with Crippen LogP contribution in [0.5, 0.6) is 0 Å². The summed E-state index contributed by atoms with van der Waals surface area (Å²) in [4.78, 5) is 36.1. The van der Waals surface area contributed by atoms with Crippen LogP contribution in [-0.4, -0.2) is 26.8 Å². The van der Waals surface area contributed by atoms with E-state index in [9.17, 15) is 19.5 Å². The van der Waals surface area contributed by atoms with E-state index in [4.69, 9.17) is 11.6 Å². The SMILES string of the molecule is Cc1ccc(C(CC(=O)O)NC(=O)c2cc(=O)n(-c3ccccc3Cl)[nH]2)cc1. The van der Waals surface area contributed by atoms with E-state index in [1.807, 2.05) is 19.1 Å². The molecule has 0 aliphatic carbocycles. The number of aryl methyl sites for hydroxylation is 1. The highest BCUT2D eigenvalue weighted by Gasteiger charge is 2.21. The summed E-state index contributed by atoms with van der Waals surface area (Å²) in [6.07, 6.45) is -0.287. The van der Waals surface area contributed by atoms with Crippen LogP contribution in [0.15, 0.2) is 59.4 Å². The number of amides is 1. The third kappa shape index (κ3) is 4.32. The van der Waals surface area contributed by atoms with Crippen molar-refractivity contribution in [2.24, 2.45) is 0 Å². The molecule has 0 spiro atoms. The standard InChI is InChI=1S/C20H18ClN3O4/c1-12-6-8-13(9-7-12)15(11-19(26)27)22-20(28)16-10-18(25)24(23-16)17-5-3-2-4-14(17)21/h2-10,15,23H,11H2,1H3,(H,22,28)(H,26,27). The second kappa shape index (κ2) is 8.14. The van der Waals surface area contributed by atoms with Gasteiger partial charge in [-0.25, -0.2) is 4.68 Å². The largest absolute Gasteiger partial charge is 0.481 e. The van der Waals surface area contributed by atoms with Crippen molar-refractivity contribution < 1.29 is 14.7 Å². The van der Waals surface area contributed by atoms with Gasteiger partial charge in [0.05, 0.1) is 23.2 Å². The molecule has 144 valence electrons. The van der Waals surface area contributed by atoms with E-state index < -0.39 is 23.5 Å². The molecule has 3 aromatic rings. The third-order valence-corrected chi connectivity index (χ3v) is 4.54. The molecule has 0 radical (unpaired) electrons. The first kappa shape index (κ1) is 19.4. The average molecular weight is 400 g/mol. The fraction of sp³-hybridized carbons (Fsp3) is 0.150. The average Bonchev–Trinajstić information content (AvgIpc) is 3.03. The van der Waals surface area contributed by atoms with Crippen molar-refractivity contribution in [1.29, 1.82) is 0 Å². The first-order valence-corrected chi connectivity index (χ1v) is 8.89. The van der Waals surface area contributed by atoms with Crippen molar-refractivity contribution in [3.05, 3.63) is 86.8 Å². The second-order valence-corrected chi connectivity index (χ2v) is 6.74. The van der Waals surface area contributed by atoms with Gasteiger partial charge in [-0.15, -0.1) is 0 Å². The Morgan fingerprint density at radius 1 is 1.18 bits per heavy atom. The molecule has 3 rings (SSSR count). The lowest BCUT2D eigenvalue weighted by molar-refractivity contribution is -0.137. The summed E-state index contributed by atoms with van der Waals surface area (Å²) in [5.41, 5.74) is 1.64. The van der Waals surface area contributed by atoms with Crippen LogP contribution < -0.4 is 10.9 Å². The van der Waals surface area contributed by atoms with Gasteiger partial charge in [0.15, 0.2) is 0 Å². The van der Waals surface area contributed by atoms with Crippen molar-refractivity contribution in [2.45, 2.75) is 19.4 Å². The van der Waals surface area contributed by atoms with Crippen LogP contribution in [-0.2, 0) is 4.79 Å². The van der Waals surface area contributed by atoms with Crippen molar-refractivity contribution in [2.75, 3.05) is 0 Å². The fourth-order valence-corrected chi connectivity index (χ4v) is 3.01. The van der Waals surface area contributed by atoms with Crippen molar-refractivity contribution >= 4 is 23.5 Å². The summed E-state index contributed by atoms with van der Waals surface area (Å²) in [6.45, 7) is 1.91. The van der Waals surface area contributed by atoms with Crippen LogP contribution >= 0.6 is 11.6 Å². The Hall–Kier alpha value is -3.32. The molecule has 0 saturated carbocycles. The van der Waals surface area contributed by atoms with Crippen molar-refractivity contribution in [1.82, 2.24) is 15.1 Å². The number of aromatic nitrogens is 2. The molecule has 1 heterocycles. The number of para-hydroxylation sites is 1. The first-order chi connectivity index (χ1) is 13.3. The van der Waals surface area contributed by atoms with Gasteiger partial charge in [-0.1, -0.05) is 53.6 Å². The van der Waals surface area contributed by atoms with Crippen LogP contribution in [0.1, 0.15) is 34.1 Å². The summed E-state index contributed by atoms with van der Waals surface area (Å²) in [7, 11) is 0. The lowest BCUT2D eigenvalue weighted by Crippen LogP contribution is -2.30. The fourth-order valence-electron chi connectivity index (χ4n) is 2.79. The van der Waals surface area contributed by atoms with Gasteiger partial charge in [0.25, 0.3) is 11.5 Å². The number of aromatic amines is 1. The lowest BCUT2D eigenvalue weighted by atomic mass is 10.0. The normalized spacial score (nSPS) is 11.8. The molecule has 0 bridgehead atoms. The smallest absolute Gasteiger partial charge is 0.305 e. The number of H-pyrrole nitrogens is 1. The Morgan fingerprint density at radius 2 is 1.86 bits per heavy atom. The van der Waals surface area contributed by atoms with E-state index in [1.165, 1.54) is 0 Å². The van der Waals surface area contributed by atoms with Crippen LogP contribution in [0, 0.1) is 6.92 Å². The van der Waals surface area contributed by atoms with E-state index in [0.29, 0.717) is 16.3 Å². The van der Waals surface area contributed by atoms with E-state index in [-0.39, 0.29) is 12.1 Å². The molecule has 2 aromatic carbocycles. The molecule has 28 heavy (non-hydrogen) atoms. The monoisotopic (exact) mass is 399 g/mol. The molecule has 3 N–H and O–H groups in total. The topological polar surface area (TPSA) is 104 Å². The van der Waals surface area contributed by atoms with E-state index >= 15 is 0 Å². The number of aliphatic carboxylic acids is 1. The van der Waals surface area contributed by atoms with Gasteiger partial charge in [-0.2, -0.15) is 0 Å². The van der Waals surface area contributed by atoms with E-state index in [2.05, 4.69) is 10.4 Å². The van der Waals surface area contributed by atoms with Gasteiger partial charge >= 0.3 is 5.97 Å². The molecule has 1 aromatic heterocycles. The van der Waals surface area contributed by atoms with Crippen LogP contribution in [0.2, 0.25) is 5.02 Å². The predicted octanol–water partition coefficient (Wildman–Crippen LogP) is 3.07. The third-order valence-electron chi connectivity index (χ3n) is 4.22. The molecule has 1 amide bonds. The van der Waals surface area contributed by atoms with Gasteiger partial charge in [-0.3, -0.25) is 19.5 Å². The summed E-state index contributed by atoms with van der Waals surface area (Å²) in [6, 6.07) is 14.3. The molecule has 0 fully saturated rings. The minimum absolute atomic E-state index is 0.00687. The maximum Gasteiger partial charge on any atom is 0.305 e. The number of hydrogen-bond acceptors (Lipinski definition) is 3. The maximum absolute atomic E-state index is 12.6. The maximum atomic E-state index is 12.6. The Balaban J connectivity index is 1.87. The van der Waals surface area contributed by atoms with Crippen LogP contribution in [0.4, 0.5) is 0 Å². The Kier molecular flexibility index (Phi) is 5.65. The molecular weight excluding hydrogens is 382 g/mol. The van der Waals surface area contributed by atoms with E-state index in [1.54, 1.807) is 36.4 Å². The molecule has 1 atom stereocenters. The van der Waals surface area contributed by atoms with Crippen LogP contribution in [0.3, 0.4) is 0 Å². The molecule has 0 saturated heterocycles. The minimum Gasteiger partial charge on any atom is -0.481 e. The van der Waals surface area contributed by atoms with Crippen LogP contribution in [0.25, 0.3) is 5.69 Å². The van der Waals surface area contributed by atoms with Gasteiger partial charge in [0.1, 0.15) is 5.69 Å². The van der Waals surface area contributed by atoms with Gasteiger partial charge < -0.3 is 10.4 Å². The molecule has 1 unspecified atom stereocenters. The zero-order valence-corrected chi connectivity index (χ0v) is 15.7. The highest BCUT2D eigenvalue weighted by Crippen LogP contribution is 2.19. The summed E-state index contributed by atoms with van der Waals surface area (Å²) < 4.78 is 1.16. The van der Waals surface area contributed by atoms with Gasteiger partial charge in [-0.05, 0) is 24.6 Å². The quantitative estimate of drug-likeness (QED) is 0.592. The molecule has 0 aliphatic heterocycles. The van der Waals surface area contributed by atoms with Crippen molar-refractivity contribution in [3.8, 4) is 5.69 Å². The van der Waals surface area contributed by atoms with Gasteiger partial charge in [0, 0.05) is 6.07 Å². The number of rotatable bonds is 6. The lowest BCUT2D eigenvalue weighted by Gasteiger charge is -2.17. The number of carbonyl (C=O) groups excluding carboxylic acids is 1. The summed E-state index contributed by atoms with van der Waals surface area (Å²) in [5.74, 6) is -1.64. The summed E-state index contributed by atoms with van der Waals surface area (Å²) in [5, 5.41) is 14.9. The van der Waals surface area contributed by atoms with Gasteiger partial charge in [0.2, 0.25) is 0 Å². The predicted molar refractivity (Wildman–Crippen MR) is 105 cm³/mol. The second-order valence-electron chi connectivity index (χ2n) is 6.33. The highest BCUT2D eigenvalue weighted by atomic mass is 35.5. The first-order valence-electron chi connectivity index (χ1n) is 8.51. The van der Waals surface area contributed by atoms with E-state index in [0.717, 1.165) is 16.3 Å². The minimum atomic E-state index is -1.05. The molecule has 8 heteroatoms. The molecular formula is C20H18ClN3O4. The molecule has 0 aliphatic rings. The van der Waals surface area contributed by atoms with Crippen molar-refractivity contribution in [3.63, 3.8) is 0 Å². The molecule has 7 nitrogen and oxygen atoms in total. The number of nitrogens with one attached hydrogen (secondary N) is 2. The zero-order chi connectivity index (χ0) is 20.3. The number of halogens is 1. The highest BCUT2D eigenvalue weighted by molar-refractivity contribution is 6.32. The Bertz CT molecular complexity index is 1070. The number of carbonyl (C=O) groups is 2. The Labute approximate surface area is 165 Å². The number of benzene rings is 2.